The van der Waals surface area contributed by atoms with E-state index in [9.17, 15) is 0 Å². The van der Waals surface area contributed by atoms with Gasteiger partial charge in [-0.1, -0.05) is 13.0 Å². The third-order valence-corrected chi connectivity index (χ3v) is 4.12. The van der Waals surface area contributed by atoms with Crippen molar-refractivity contribution in [2.75, 3.05) is 26.4 Å². The van der Waals surface area contributed by atoms with E-state index >= 15 is 0 Å². The van der Waals surface area contributed by atoms with Crippen LogP contribution < -0.4 is 19.5 Å². The molecule has 5 nitrogen and oxygen atoms in total. The molecule has 0 saturated heterocycles. The van der Waals surface area contributed by atoms with E-state index < -0.39 is 0 Å². The Balaban J connectivity index is 1.79. The molecular formula is C20H27BrN2O3. The lowest BCUT2D eigenvalue weighted by molar-refractivity contribution is 0.275. The lowest BCUT2D eigenvalue weighted by atomic mass is 10.2. The Hall–Kier alpha value is -1.79. The number of halogens is 1. The van der Waals surface area contributed by atoms with Gasteiger partial charge < -0.3 is 19.5 Å². The summed E-state index contributed by atoms with van der Waals surface area (Å²) in [5, 5.41) is 3.43. The Kier molecular flexibility index (Phi) is 9.28. The monoisotopic (exact) mass is 422 g/mol. The second kappa shape index (κ2) is 11.8. The van der Waals surface area contributed by atoms with Crippen molar-refractivity contribution in [3.05, 3.63) is 46.6 Å². The minimum absolute atomic E-state index is 0.608. The molecule has 0 aliphatic heterocycles. The molecule has 2 rings (SSSR count). The third-order valence-electron chi connectivity index (χ3n) is 3.53. The van der Waals surface area contributed by atoms with Crippen LogP contribution in [0.25, 0.3) is 0 Å². The van der Waals surface area contributed by atoms with Crippen LogP contribution in [0.3, 0.4) is 0 Å². The standard InChI is InChI=1S/C20H27BrN2O3/c1-3-11-26-20-17(21)13-16(14-18(20)24-4-2)15-22-9-7-12-25-19-8-5-6-10-23-19/h5-6,8,10,13-14,22H,3-4,7,9,11-12,15H2,1-2H3. The highest BCUT2D eigenvalue weighted by atomic mass is 79.9. The average molecular weight is 423 g/mol. The molecule has 0 bridgehead atoms. The Morgan fingerprint density at radius 2 is 1.96 bits per heavy atom. The lowest BCUT2D eigenvalue weighted by Gasteiger charge is -2.15. The second-order valence-corrected chi connectivity index (χ2v) is 6.59. The molecule has 6 heteroatoms. The topological polar surface area (TPSA) is 52.6 Å². The molecule has 142 valence electrons. The highest BCUT2D eigenvalue weighted by Gasteiger charge is 2.12. The Morgan fingerprint density at radius 1 is 1.08 bits per heavy atom. The molecule has 0 fully saturated rings. The summed E-state index contributed by atoms with van der Waals surface area (Å²) in [6.45, 7) is 7.61. The molecule has 1 aromatic carbocycles. The van der Waals surface area contributed by atoms with Crippen molar-refractivity contribution in [1.29, 1.82) is 0 Å². The zero-order valence-electron chi connectivity index (χ0n) is 15.5. The van der Waals surface area contributed by atoms with Crippen LogP contribution in [0.1, 0.15) is 32.3 Å². The van der Waals surface area contributed by atoms with Crippen molar-refractivity contribution in [3.63, 3.8) is 0 Å². The fourth-order valence-electron chi connectivity index (χ4n) is 2.37. The maximum atomic E-state index is 5.81. The van der Waals surface area contributed by atoms with Crippen molar-refractivity contribution in [2.24, 2.45) is 0 Å². The minimum atomic E-state index is 0.608. The van der Waals surface area contributed by atoms with Gasteiger partial charge in [0.05, 0.1) is 24.3 Å². The molecule has 0 aliphatic carbocycles. The summed E-state index contributed by atoms with van der Waals surface area (Å²) >= 11 is 3.60. The van der Waals surface area contributed by atoms with Gasteiger partial charge in [0.2, 0.25) is 5.88 Å². The summed E-state index contributed by atoms with van der Waals surface area (Å²) in [5.41, 5.74) is 1.15. The van der Waals surface area contributed by atoms with Crippen LogP contribution >= 0.6 is 15.9 Å². The number of nitrogens with zero attached hydrogens (tertiary/aromatic N) is 1. The Labute approximate surface area is 164 Å². The number of hydrogen-bond acceptors (Lipinski definition) is 5. The van der Waals surface area contributed by atoms with Gasteiger partial charge in [-0.2, -0.15) is 0 Å². The van der Waals surface area contributed by atoms with Gasteiger partial charge in [-0.25, -0.2) is 4.98 Å². The number of pyridine rings is 1. The van der Waals surface area contributed by atoms with E-state index in [1.54, 1.807) is 6.20 Å². The highest BCUT2D eigenvalue weighted by Crippen LogP contribution is 2.37. The van der Waals surface area contributed by atoms with Crippen LogP contribution in [0, 0.1) is 0 Å². The van der Waals surface area contributed by atoms with Gasteiger partial charge >= 0.3 is 0 Å². The normalized spacial score (nSPS) is 10.6. The first-order valence-corrected chi connectivity index (χ1v) is 9.86. The van der Waals surface area contributed by atoms with E-state index in [1.165, 1.54) is 0 Å². The maximum Gasteiger partial charge on any atom is 0.213 e. The second-order valence-electron chi connectivity index (χ2n) is 5.73. The molecule has 0 atom stereocenters. The maximum absolute atomic E-state index is 5.81. The first-order chi connectivity index (χ1) is 12.7. The molecule has 2 aromatic rings. The van der Waals surface area contributed by atoms with Gasteiger partial charge in [-0.05, 0) is 66.0 Å². The third kappa shape index (κ3) is 6.84. The largest absolute Gasteiger partial charge is 0.490 e. The molecule has 1 heterocycles. The Bertz CT molecular complexity index is 653. The molecule has 0 amide bonds. The fraction of sp³-hybridized carbons (Fsp3) is 0.450. The highest BCUT2D eigenvalue weighted by molar-refractivity contribution is 9.10. The van der Waals surface area contributed by atoms with E-state index in [0.717, 1.165) is 47.5 Å². The molecule has 0 saturated carbocycles. The summed E-state index contributed by atoms with van der Waals surface area (Å²) in [7, 11) is 0. The molecule has 0 radical (unpaired) electrons. The molecule has 1 aromatic heterocycles. The van der Waals surface area contributed by atoms with Crippen LogP contribution in [-0.4, -0.2) is 31.3 Å². The van der Waals surface area contributed by atoms with E-state index in [2.05, 4.69) is 39.2 Å². The molecule has 0 aliphatic rings. The van der Waals surface area contributed by atoms with Crippen molar-refractivity contribution < 1.29 is 14.2 Å². The molecule has 1 N–H and O–H groups in total. The lowest BCUT2D eigenvalue weighted by Crippen LogP contribution is -2.17. The van der Waals surface area contributed by atoms with E-state index in [1.807, 2.05) is 31.2 Å². The summed E-state index contributed by atoms with van der Waals surface area (Å²) in [5.74, 6) is 2.23. The van der Waals surface area contributed by atoms with E-state index in [4.69, 9.17) is 14.2 Å². The quantitative estimate of drug-likeness (QED) is 0.506. The van der Waals surface area contributed by atoms with Gasteiger partial charge in [0, 0.05) is 18.8 Å². The van der Waals surface area contributed by atoms with Gasteiger partial charge in [0.1, 0.15) is 0 Å². The molecule has 0 unspecified atom stereocenters. The van der Waals surface area contributed by atoms with Gasteiger partial charge in [-0.3, -0.25) is 0 Å². The van der Waals surface area contributed by atoms with Crippen LogP contribution in [0.15, 0.2) is 41.0 Å². The molecule has 0 spiro atoms. The number of rotatable bonds is 12. The minimum Gasteiger partial charge on any atom is -0.490 e. The fourth-order valence-corrected chi connectivity index (χ4v) is 2.97. The summed E-state index contributed by atoms with van der Waals surface area (Å²) < 4.78 is 18.1. The number of benzene rings is 1. The van der Waals surface area contributed by atoms with Crippen molar-refractivity contribution in [3.8, 4) is 17.4 Å². The summed E-state index contributed by atoms with van der Waals surface area (Å²) in [6.07, 6.45) is 3.60. The number of aromatic nitrogens is 1. The zero-order chi connectivity index (χ0) is 18.6. The molecular weight excluding hydrogens is 396 g/mol. The first-order valence-electron chi connectivity index (χ1n) is 9.07. The summed E-state index contributed by atoms with van der Waals surface area (Å²) in [6, 6.07) is 9.77. The van der Waals surface area contributed by atoms with Crippen LogP contribution in [-0.2, 0) is 6.54 Å². The SMILES string of the molecule is CCCOc1c(Br)cc(CNCCCOc2ccccn2)cc1OCC. The Morgan fingerprint density at radius 3 is 2.69 bits per heavy atom. The van der Waals surface area contributed by atoms with Crippen LogP contribution in [0.5, 0.6) is 17.4 Å². The smallest absolute Gasteiger partial charge is 0.213 e. The zero-order valence-corrected chi connectivity index (χ0v) is 17.0. The van der Waals surface area contributed by atoms with E-state index in [-0.39, 0.29) is 0 Å². The summed E-state index contributed by atoms with van der Waals surface area (Å²) in [4.78, 5) is 4.14. The van der Waals surface area contributed by atoms with Crippen LogP contribution in [0.2, 0.25) is 0 Å². The molecule has 26 heavy (non-hydrogen) atoms. The number of nitrogens with one attached hydrogen (secondary N) is 1. The van der Waals surface area contributed by atoms with Gasteiger partial charge in [0.15, 0.2) is 11.5 Å². The van der Waals surface area contributed by atoms with Crippen molar-refractivity contribution in [1.82, 2.24) is 10.3 Å². The number of ether oxygens (including phenoxy) is 3. The van der Waals surface area contributed by atoms with Crippen LogP contribution in [0.4, 0.5) is 0 Å². The predicted octanol–water partition coefficient (Wildman–Crippen LogP) is 4.59. The predicted molar refractivity (Wildman–Crippen MR) is 107 cm³/mol. The first kappa shape index (κ1) is 20.5. The van der Waals surface area contributed by atoms with Crippen molar-refractivity contribution in [2.45, 2.75) is 33.2 Å². The van der Waals surface area contributed by atoms with Crippen molar-refractivity contribution >= 4 is 15.9 Å². The average Bonchev–Trinajstić information content (AvgIpc) is 2.65. The van der Waals surface area contributed by atoms with Gasteiger partial charge in [0.25, 0.3) is 0 Å². The number of hydrogen-bond donors (Lipinski definition) is 1. The van der Waals surface area contributed by atoms with E-state index in [0.29, 0.717) is 25.7 Å². The van der Waals surface area contributed by atoms with Gasteiger partial charge in [-0.15, -0.1) is 0 Å².